The molecular formula is C44H108N2O10S2Si6. The van der Waals surface area contributed by atoms with E-state index >= 15 is 0 Å². The molecule has 0 amide bonds. The van der Waals surface area contributed by atoms with E-state index in [9.17, 15) is 21.4 Å². The van der Waals surface area contributed by atoms with Crippen molar-refractivity contribution in [3.05, 3.63) is 0 Å². The van der Waals surface area contributed by atoms with Gasteiger partial charge in [-0.25, -0.2) is 8.42 Å². The van der Waals surface area contributed by atoms with Gasteiger partial charge in [-0.3, -0.25) is 4.18 Å². The second-order valence-corrected chi connectivity index (χ2v) is 55.7. The van der Waals surface area contributed by atoms with Gasteiger partial charge in [0.2, 0.25) is 0 Å². The van der Waals surface area contributed by atoms with Crippen molar-refractivity contribution in [1.82, 2.24) is 4.90 Å². The van der Waals surface area contributed by atoms with Crippen LogP contribution in [0.3, 0.4) is 0 Å². The Labute approximate surface area is 405 Å². The highest BCUT2D eigenvalue weighted by molar-refractivity contribution is 7.86. The summed E-state index contributed by atoms with van der Waals surface area (Å²) < 4.78 is 86.7. The van der Waals surface area contributed by atoms with E-state index in [1.807, 2.05) is 0 Å². The summed E-state index contributed by atoms with van der Waals surface area (Å²) in [5, 5.41) is 0.688. The van der Waals surface area contributed by atoms with Crippen molar-refractivity contribution in [2.75, 3.05) is 65.9 Å². The van der Waals surface area contributed by atoms with Crippen molar-refractivity contribution in [2.24, 2.45) is 0 Å². The molecular weight excluding hydrogens is 949 g/mol. The van der Waals surface area contributed by atoms with Gasteiger partial charge in [-0.05, 0) is 144 Å². The van der Waals surface area contributed by atoms with Crippen LogP contribution in [0, 0.1) is 0 Å². The van der Waals surface area contributed by atoms with Crippen LogP contribution in [-0.4, -0.2) is 147 Å². The molecule has 390 valence electrons. The second kappa shape index (κ2) is 25.3. The maximum absolute atomic E-state index is 10.9. The van der Waals surface area contributed by atoms with Gasteiger partial charge >= 0.3 is 17.1 Å². The lowest BCUT2D eigenvalue weighted by Gasteiger charge is -2.48. The number of nitrogens with zero attached hydrogens (tertiary/aromatic N) is 2. The van der Waals surface area contributed by atoms with Gasteiger partial charge in [0, 0.05) is 12.2 Å². The molecule has 0 radical (unpaired) electrons. The Kier molecular flexibility index (Phi) is 27.4. The number of hydrogen-bond acceptors (Lipinski definition) is 11. The monoisotopic (exact) mass is 1060 g/mol. The first kappa shape index (κ1) is 69.1. The summed E-state index contributed by atoms with van der Waals surface area (Å²) in [7, 11) is -11.0. The molecule has 0 saturated carbocycles. The summed E-state index contributed by atoms with van der Waals surface area (Å²) in [6.07, 6.45) is 4.14. The Bertz CT molecular complexity index is 1510. The minimum atomic E-state index is -4.14. The first-order valence-corrected chi connectivity index (χ1v) is 43.3. The normalized spacial score (nSPS) is 16.6. The average Bonchev–Trinajstić information content (AvgIpc) is 2.97. The Morgan fingerprint density at radius 2 is 0.906 bits per heavy atom. The van der Waals surface area contributed by atoms with Crippen molar-refractivity contribution in [1.29, 1.82) is 0 Å². The molecule has 64 heavy (non-hydrogen) atoms. The van der Waals surface area contributed by atoms with E-state index in [-0.39, 0.29) is 39.1 Å². The fourth-order valence-corrected chi connectivity index (χ4v) is 34.0. The molecule has 0 aliphatic carbocycles. The van der Waals surface area contributed by atoms with E-state index in [1.165, 1.54) is 0 Å². The topological polar surface area (TPSA) is 141 Å². The quantitative estimate of drug-likeness (QED) is 0.0498. The molecule has 0 bridgehead atoms. The Morgan fingerprint density at radius 1 is 0.594 bits per heavy atom. The fourth-order valence-electron chi connectivity index (χ4n) is 5.97. The van der Waals surface area contributed by atoms with Crippen molar-refractivity contribution in [3.63, 3.8) is 0 Å². The zero-order valence-corrected chi connectivity index (χ0v) is 53.6. The third-order valence-electron chi connectivity index (χ3n) is 13.9. The molecule has 12 nitrogen and oxygen atoms in total. The average molecular weight is 1060 g/mol. The maximum Gasteiger partial charge on any atom is 0.314 e. The summed E-state index contributed by atoms with van der Waals surface area (Å²) in [5.74, 6) is -0.0862. The zero-order chi connectivity index (χ0) is 50.8. The largest absolute Gasteiger partial charge is 0.748 e. The van der Waals surface area contributed by atoms with E-state index in [2.05, 4.69) is 186 Å². The molecule has 0 atom stereocenters. The molecule has 0 spiro atoms. The van der Waals surface area contributed by atoms with Crippen molar-refractivity contribution in [2.45, 2.75) is 220 Å². The lowest BCUT2D eigenvalue weighted by Crippen LogP contribution is -2.59. The summed E-state index contributed by atoms with van der Waals surface area (Å²) in [6, 6.07) is 2.01. The number of quaternary nitrogens is 1. The lowest BCUT2D eigenvalue weighted by atomic mass is 10.2. The summed E-state index contributed by atoms with van der Waals surface area (Å²) in [5.41, 5.74) is 0. The minimum Gasteiger partial charge on any atom is -0.748 e. The van der Waals surface area contributed by atoms with Crippen LogP contribution in [0.25, 0.3) is 0 Å². The first-order chi connectivity index (χ1) is 27.4. The van der Waals surface area contributed by atoms with Crippen LogP contribution < -0.4 is 0 Å². The lowest BCUT2D eigenvalue weighted by molar-refractivity contribution is -0.890. The van der Waals surface area contributed by atoms with E-state index in [0.29, 0.717) is 24.1 Å². The molecule has 1 fully saturated rings. The van der Waals surface area contributed by atoms with Crippen LogP contribution in [0.15, 0.2) is 0 Å². The molecule has 0 unspecified atom stereocenters. The smallest absolute Gasteiger partial charge is 0.314 e. The van der Waals surface area contributed by atoms with Gasteiger partial charge in [0.25, 0.3) is 10.1 Å². The van der Waals surface area contributed by atoms with Gasteiger partial charge in [-0.2, -0.15) is 8.42 Å². The van der Waals surface area contributed by atoms with Crippen LogP contribution in [0.2, 0.25) is 97.7 Å². The first-order valence-electron chi connectivity index (χ1n) is 23.4. The maximum atomic E-state index is 10.9. The molecule has 0 aromatic heterocycles. The van der Waals surface area contributed by atoms with E-state index in [4.69, 9.17) is 16.5 Å². The van der Waals surface area contributed by atoms with E-state index in [0.717, 1.165) is 50.9 Å². The van der Waals surface area contributed by atoms with Gasteiger partial charge < -0.3 is 30.4 Å². The summed E-state index contributed by atoms with van der Waals surface area (Å²) >= 11 is 0. The number of hydrogen-bond donors (Lipinski definition) is 0. The highest BCUT2D eigenvalue weighted by Crippen LogP contribution is 2.45. The third kappa shape index (κ3) is 27.3. The van der Waals surface area contributed by atoms with Crippen molar-refractivity contribution < 1.29 is 46.5 Å². The Morgan fingerprint density at radius 3 is 1.14 bits per heavy atom. The molecule has 1 aliphatic rings. The molecule has 1 aliphatic heterocycles. The molecule has 1 saturated heterocycles. The van der Waals surface area contributed by atoms with Gasteiger partial charge in [0.1, 0.15) is 0 Å². The molecule has 1 rings (SSSR count). The summed E-state index contributed by atoms with van der Waals surface area (Å²) in [4.78, 5) is 2.26. The fraction of sp³-hybridized carbons (Fsp3) is 1.00. The Hall–Kier alpha value is 0.881. The van der Waals surface area contributed by atoms with Gasteiger partial charge in [-0.15, -0.1) is 0 Å². The zero-order valence-electron chi connectivity index (χ0n) is 46.0. The van der Waals surface area contributed by atoms with Crippen LogP contribution >= 0.6 is 0 Å². The predicted molar refractivity (Wildman–Crippen MR) is 290 cm³/mol. The molecule has 20 heteroatoms. The standard InChI is InChI=1S/C21H51NO5SSi3.C18H45NO2Si3.C4H8O3S.CH4/c1-20(2,3)29(9,10)26-31(13,27-30(11,12)21(4,5)6)19-15-17-22(7,8)16-14-18-28(23,24)25;1-17(2,3)22(9,10)20-24(13,16-14-15-19(7)8)21-23(11,12)18(4,5)6;5-8(6)4-2-1-3-7-8;/h14-19H2,1-13H3;14-16H2,1-13H3;1-4H2;1H4. The number of rotatable bonds is 20. The van der Waals surface area contributed by atoms with E-state index in [1.54, 1.807) is 0 Å². The minimum absolute atomic E-state index is 0. The van der Waals surface area contributed by atoms with Crippen molar-refractivity contribution >= 4 is 70.6 Å². The SMILES string of the molecule is C.CC(C)(C)[Si](C)(C)O[Si](C)(CCC[N+](C)(C)CCCS(=O)(=O)[O-])O[Si](C)(C)C(C)(C)C.CN(C)CCC[Si](C)(O[Si](C)(C)C(C)(C)C)O[Si](C)(C)C(C)(C)C.O=S1(=O)CCCCO1. The van der Waals surface area contributed by atoms with E-state index < -0.39 is 70.6 Å². The molecule has 1 heterocycles. The highest BCUT2D eigenvalue weighted by Gasteiger charge is 2.51. The third-order valence-corrected chi connectivity index (χ3v) is 48.1. The van der Waals surface area contributed by atoms with Crippen LogP contribution in [0.1, 0.15) is 123 Å². The van der Waals surface area contributed by atoms with Gasteiger partial charge in [0.05, 0.1) is 49.7 Å². The Balaban J connectivity index is -0.000000992. The molecule has 0 N–H and O–H groups in total. The van der Waals surface area contributed by atoms with Gasteiger partial charge in [-0.1, -0.05) is 90.5 Å². The molecule has 0 aromatic carbocycles. The second-order valence-electron chi connectivity index (χ2n) is 25.5. The van der Waals surface area contributed by atoms with Crippen molar-refractivity contribution in [3.8, 4) is 0 Å². The summed E-state index contributed by atoms with van der Waals surface area (Å²) in [6.45, 7) is 53.8. The van der Waals surface area contributed by atoms with Crippen LogP contribution in [0.5, 0.6) is 0 Å². The highest BCUT2D eigenvalue weighted by atomic mass is 32.2. The van der Waals surface area contributed by atoms with Crippen LogP contribution in [-0.2, 0) is 40.9 Å². The molecule has 0 aromatic rings. The predicted octanol–water partition coefficient (Wildman–Crippen LogP) is 12.3. The van der Waals surface area contributed by atoms with Crippen LogP contribution in [0.4, 0.5) is 0 Å². The van der Waals surface area contributed by atoms with Gasteiger partial charge in [0.15, 0.2) is 33.3 Å².